The molecule has 41 heavy (non-hydrogen) atoms. The van der Waals surface area contributed by atoms with E-state index in [0.717, 1.165) is 0 Å². The highest BCUT2D eigenvalue weighted by atomic mass is 14.7. The maximum atomic E-state index is 4.11. The number of H-pyrrole nitrogens is 1. The van der Waals surface area contributed by atoms with Gasteiger partial charge in [0.25, 0.3) is 0 Å². The van der Waals surface area contributed by atoms with Gasteiger partial charge in [-0.15, -0.1) is 0 Å². The number of hydrogen-bond acceptors (Lipinski definition) is 0. The normalized spacial score (nSPS) is 11.6. The monoisotopic (exact) mass is 572 g/mol. The predicted molar refractivity (Wildman–Crippen MR) is 188 cm³/mol. The molecule has 0 spiro atoms. The second-order valence-electron chi connectivity index (χ2n) is 13.5. The molecule has 0 unspecified atom stereocenters. The average molecular weight is 572 g/mol. The minimum Gasteiger partial charge on any atom is -0.362 e. The highest BCUT2D eigenvalue weighted by Gasteiger charge is 2.17. The van der Waals surface area contributed by atoms with Crippen LogP contribution in [0.15, 0.2) is 0 Å². The van der Waals surface area contributed by atoms with Gasteiger partial charge in [-0.05, 0) is 62.5 Å². The van der Waals surface area contributed by atoms with Crippen molar-refractivity contribution in [2.45, 2.75) is 233 Å². The first-order valence-corrected chi connectivity index (χ1v) is 19.5. The van der Waals surface area contributed by atoms with Crippen LogP contribution in [-0.4, -0.2) is 4.98 Å². The van der Waals surface area contributed by atoms with Gasteiger partial charge in [0.2, 0.25) is 0 Å². The Bertz CT molecular complexity index is 602. The summed E-state index contributed by atoms with van der Waals surface area (Å²) in [5.74, 6) is 0. The molecule has 1 aromatic heterocycles. The van der Waals surface area contributed by atoms with Crippen molar-refractivity contribution in [3.05, 3.63) is 22.5 Å². The van der Waals surface area contributed by atoms with Gasteiger partial charge in [0, 0.05) is 11.4 Å². The van der Waals surface area contributed by atoms with E-state index in [-0.39, 0.29) is 0 Å². The van der Waals surface area contributed by atoms with E-state index in [0.29, 0.717) is 0 Å². The van der Waals surface area contributed by atoms with E-state index < -0.39 is 0 Å². The summed E-state index contributed by atoms with van der Waals surface area (Å²) in [7, 11) is 0. The number of rotatable bonds is 32. The number of unbranched alkanes of at least 4 members (excludes halogenated alkanes) is 24. The maximum absolute atomic E-state index is 4.11. The molecule has 1 nitrogen and oxygen atoms in total. The zero-order chi connectivity index (χ0) is 29.6. The number of nitrogens with one attached hydrogen (secondary N) is 1. The molecule has 0 bridgehead atoms. The molecule has 0 amide bonds. The Hall–Kier alpha value is -0.720. The first kappa shape index (κ1) is 38.3. The molecule has 0 aliphatic heterocycles. The summed E-state index contributed by atoms with van der Waals surface area (Å²) < 4.78 is 0. The van der Waals surface area contributed by atoms with Crippen molar-refractivity contribution in [1.82, 2.24) is 4.98 Å². The fraction of sp³-hybridized carbons (Fsp3) is 0.900. The van der Waals surface area contributed by atoms with Crippen molar-refractivity contribution in [3.8, 4) is 0 Å². The molecular formula is C40H77N. The fourth-order valence-electron chi connectivity index (χ4n) is 6.76. The van der Waals surface area contributed by atoms with Crippen LogP contribution in [0.5, 0.6) is 0 Å². The molecule has 1 aromatic rings. The molecule has 1 N–H and O–H groups in total. The van der Waals surface area contributed by atoms with E-state index in [2.05, 4.69) is 32.7 Å². The van der Waals surface area contributed by atoms with Gasteiger partial charge in [0.05, 0.1) is 0 Å². The van der Waals surface area contributed by atoms with Crippen molar-refractivity contribution >= 4 is 0 Å². The van der Waals surface area contributed by atoms with E-state index >= 15 is 0 Å². The van der Waals surface area contributed by atoms with Crippen molar-refractivity contribution in [3.63, 3.8) is 0 Å². The van der Waals surface area contributed by atoms with E-state index in [9.17, 15) is 0 Å². The Morgan fingerprint density at radius 3 is 0.756 bits per heavy atom. The quantitative estimate of drug-likeness (QED) is 0.0828. The lowest BCUT2D eigenvalue weighted by Gasteiger charge is -2.10. The lowest BCUT2D eigenvalue weighted by atomic mass is 9.94. The van der Waals surface area contributed by atoms with Crippen LogP contribution >= 0.6 is 0 Å². The molecule has 0 fully saturated rings. The highest BCUT2D eigenvalue weighted by Crippen LogP contribution is 2.28. The third-order valence-electron chi connectivity index (χ3n) is 9.52. The molecule has 1 rings (SSSR count). The van der Waals surface area contributed by atoms with Gasteiger partial charge >= 0.3 is 0 Å². The molecule has 0 saturated carbocycles. The van der Waals surface area contributed by atoms with Gasteiger partial charge in [-0.3, -0.25) is 0 Å². The summed E-state index contributed by atoms with van der Waals surface area (Å²) in [5, 5.41) is 0. The summed E-state index contributed by atoms with van der Waals surface area (Å²) in [6.45, 7) is 9.31. The minimum absolute atomic E-state index is 1.29. The fourth-order valence-corrected chi connectivity index (χ4v) is 6.76. The number of aryl methyl sites for hydroxylation is 2. The maximum Gasteiger partial charge on any atom is 0.0184 e. The SMILES string of the molecule is CCCCCCCCCc1[nH]c(CCCCCCCCC)c(CCCCCCCCC)c1CCCCCCCCC. The van der Waals surface area contributed by atoms with E-state index in [1.807, 2.05) is 0 Å². The van der Waals surface area contributed by atoms with Gasteiger partial charge in [-0.25, -0.2) is 0 Å². The van der Waals surface area contributed by atoms with Crippen molar-refractivity contribution < 1.29 is 0 Å². The van der Waals surface area contributed by atoms with E-state index in [1.165, 1.54) is 205 Å². The molecular weight excluding hydrogens is 494 g/mol. The Morgan fingerprint density at radius 1 is 0.268 bits per heavy atom. The highest BCUT2D eigenvalue weighted by molar-refractivity contribution is 5.38. The van der Waals surface area contributed by atoms with Crippen LogP contribution in [0.25, 0.3) is 0 Å². The van der Waals surface area contributed by atoms with Gasteiger partial charge in [-0.1, -0.05) is 182 Å². The van der Waals surface area contributed by atoms with Crippen molar-refractivity contribution in [2.24, 2.45) is 0 Å². The Labute approximate surface area is 260 Å². The minimum atomic E-state index is 1.29. The summed E-state index contributed by atoms with van der Waals surface area (Å²) in [6.07, 6.45) is 44.9. The van der Waals surface area contributed by atoms with Crippen molar-refractivity contribution in [1.29, 1.82) is 0 Å². The molecule has 0 radical (unpaired) electrons. The number of aromatic amines is 1. The largest absolute Gasteiger partial charge is 0.362 e. The second-order valence-corrected chi connectivity index (χ2v) is 13.5. The Morgan fingerprint density at radius 2 is 0.488 bits per heavy atom. The van der Waals surface area contributed by atoms with Crippen LogP contribution in [0, 0.1) is 0 Å². The molecule has 1 heterocycles. The van der Waals surface area contributed by atoms with E-state index in [1.54, 1.807) is 22.5 Å². The molecule has 0 aliphatic rings. The Balaban J connectivity index is 2.80. The van der Waals surface area contributed by atoms with Gasteiger partial charge in [0.15, 0.2) is 0 Å². The Kier molecular flexibility index (Phi) is 27.4. The zero-order valence-corrected chi connectivity index (χ0v) is 29.1. The molecule has 0 saturated heterocycles. The average Bonchev–Trinajstić information content (AvgIpc) is 3.30. The van der Waals surface area contributed by atoms with Crippen LogP contribution in [0.1, 0.15) is 230 Å². The third-order valence-corrected chi connectivity index (χ3v) is 9.52. The summed E-state index contributed by atoms with van der Waals surface area (Å²) in [4.78, 5) is 4.11. The zero-order valence-electron chi connectivity index (χ0n) is 29.1. The van der Waals surface area contributed by atoms with Crippen LogP contribution in [0.4, 0.5) is 0 Å². The topological polar surface area (TPSA) is 15.8 Å². The van der Waals surface area contributed by atoms with Crippen LogP contribution < -0.4 is 0 Å². The van der Waals surface area contributed by atoms with Crippen LogP contribution in [-0.2, 0) is 25.7 Å². The third kappa shape index (κ3) is 20.8. The van der Waals surface area contributed by atoms with Crippen molar-refractivity contribution in [2.75, 3.05) is 0 Å². The first-order chi connectivity index (χ1) is 20.3. The molecule has 0 aliphatic carbocycles. The van der Waals surface area contributed by atoms with E-state index in [4.69, 9.17) is 0 Å². The first-order valence-electron chi connectivity index (χ1n) is 19.5. The van der Waals surface area contributed by atoms with Gasteiger partial charge < -0.3 is 4.98 Å². The van der Waals surface area contributed by atoms with Crippen LogP contribution in [0.3, 0.4) is 0 Å². The lowest BCUT2D eigenvalue weighted by molar-refractivity contribution is 0.578. The summed E-state index contributed by atoms with van der Waals surface area (Å²) in [5.41, 5.74) is 6.88. The van der Waals surface area contributed by atoms with Gasteiger partial charge in [-0.2, -0.15) is 0 Å². The molecule has 0 aromatic carbocycles. The summed E-state index contributed by atoms with van der Waals surface area (Å²) in [6, 6.07) is 0. The summed E-state index contributed by atoms with van der Waals surface area (Å²) >= 11 is 0. The smallest absolute Gasteiger partial charge is 0.0184 e. The van der Waals surface area contributed by atoms with Gasteiger partial charge in [0.1, 0.15) is 0 Å². The molecule has 1 heteroatoms. The predicted octanol–water partition coefficient (Wildman–Crippen LogP) is 14.2. The lowest BCUT2D eigenvalue weighted by Crippen LogP contribution is -1.99. The standard InChI is InChI=1S/C40H77N/c1-5-9-13-17-21-25-29-33-37-38(34-30-26-22-18-14-10-6-2)40(36-32-28-24-20-16-12-8-4)41-39(37)35-31-27-23-19-15-11-7-3/h41H,5-36H2,1-4H3. The molecule has 0 atom stereocenters. The molecule has 242 valence electrons. The van der Waals surface area contributed by atoms with Crippen LogP contribution in [0.2, 0.25) is 0 Å². The number of hydrogen-bond donors (Lipinski definition) is 1. The second kappa shape index (κ2) is 29.4. The number of aromatic nitrogens is 1.